The van der Waals surface area contributed by atoms with Crippen LogP contribution in [0.4, 0.5) is 0 Å². The van der Waals surface area contributed by atoms with Gasteiger partial charge in [-0.15, -0.1) is 0 Å². The lowest BCUT2D eigenvalue weighted by Gasteiger charge is -2.40. The first-order chi connectivity index (χ1) is 34.2. The van der Waals surface area contributed by atoms with Gasteiger partial charge in [-0.05, 0) is 70.6 Å². The van der Waals surface area contributed by atoms with Gasteiger partial charge in [0.05, 0.1) is 32.0 Å². The quantitative estimate of drug-likeness (QED) is 0.0195. The summed E-state index contributed by atoms with van der Waals surface area (Å²) in [5.41, 5.74) is 0. The minimum absolute atomic E-state index is 0.0121. The third kappa shape index (κ3) is 38.5. The molecule has 7 unspecified atom stereocenters. The minimum Gasteiger partial charge on any atom is -0.466 e. The number of hydrogen-bond acceptors (Lipinski definition) is 10. The first kappa shape index (κ1) is 65.9. The maximum absolute atomic E-state index is 13.0. The fourth-order valence-electron chi connectivity index (χ4n) is 9.03. The van der Waals surface area contributed by atoms with E-state index in [2.05, 4.69) is 43.5 Å². The molecule has 0 aliphatic carbocycles. The second-order valence-corrected chi connectivity index (χ2v) is 20.3. The summed E-state index contributed by atoms with van der Waals surface area (Å²) in [6, 6.07) is -0.834. The van der Waals surface area contributed by atoms with Crippen LogP contribution >= 0.6 is 0 Å². The molecular weight excluding hydrogens is 883 g/mol. The Kier molecular flexibility index (Phi) is 46.2. The Morgan fingerprint density at radius 2 is 0.929 bits per heavy atom. The van der Waals surface area contributed by atoms with Gasteiger partial charge in [-0.25, -0.2) is 0 Å². The van der Waals surface area contributed by atoms with Crippen LogP contribution in [0.25, 0.3) is 0 Å². The van der Waals surface area contributed by atoms with E-state index in [1.54, 1.807) is 6.08 Å². The number of unbranched alkanes of at least 4 members (excludes halogenated alkanes) is 32. The molecule has 1 aliphatic heterocycles. The molecule has 1 heterocycles. The highest BCUT2D eigenvalue weighted by atomic mass is 16.7. The van der Waals surface area contributed by atoms with E-state index in [4.69, 9.17) is 14.2 Å². The number of carbonyl (C=O) groups is 2. The molecule has 1 aliphatic rings. The van der Waals surface area contributed by atoms with Crippen molar-refractivity contribution < 1.29 is 49.3 Å². The lowest BCUT2D eigenvalue weighted by molar-refractivity contribution is -0.302. The molecule has 0 aromatic heterocycles. The third-order valence-corrected chi connectivity index (χ3v) is 13.7. The van der Waals surface area contributed by atoms with Crippen molar-refractivity contribution in [2.45, 2.75) is 307 Å². The molecule has 11 heteroatoms. The molecule has 11 nitrogen and oxygen atoms in total. The molecular formula is C59H109NO10. The number of ether oxygens (including phenoxy) is 3. The van der Waals surface area contributed by atoms with Gasteiger partial charge >= 0.3 is 5.97 Å². The zero-order valence-electron chi connectivity index (χ0n) is 45.0. The summed E-state index contributed by atoms with van der Waals surface area (Å²) in [6.07, 6.45) is 49.5. The number of carbonyl (C=O) groups excluding carboxylic acids is 2. The normalized spacial score (nSPS) is 19.4. The largest absolute Gasteiger partial charge is 0.466 e. The highest BCUT2D eigenvalue weighted by molar-refractivity contribution is 5.76. The monoisotopic (exact) mass is 992 g/mol. The van der Waals surface area contributed by atoms with E-state index in [1.807, 2.05) is 6.08 Å². The number of nitrogens with one attached hydrogen (secondary N) is 1. The Morgan fingerprint density at radius 3 is 1.41 bits per heavy atom. The smallest absolute Gasteiger partial charge is 0.305 e. The molecule has 1 fully saturated rings. The van der Waals surface area contributed by atoms with Gasteiger partial charge in [-0.3, -0.25) is 9.59 Å². The zero-order chi connectivity index (χ0) is 51.0. The number of esters is 1. The van der Waals surface area contributed by atoms with Crippen molar-refractivity contribution in [1.29, 1.82) is 0 Å². The Labute approximate surface area is 428 Å². The van der Waals surface area contributed by atoms with Gasteiger partial charge in [0.2, 0.25) is 5.91 Å². The van der Waals surface area contributed by atoms with Gasteiger partial charge in [0.15, 0.2) is 6.29 Å². The highest BCUT2D eigenvalue weighted by Gasteiger charge is 2.44. The minimum atomic E-state index is -1.58. The van der Waals surface area contributed by atoms with Crippen molar-refractivity contribution in [3.8, 4) is 0 Å². The number of aliphatic hydroxyl groups is 5. The Balaban J connectivity index is 2.11. The van der Waals surface area contributed by atoms with Gasteiger partial charge in [-0.1, -0.05) is 217 Å². The summed E-state index contributed by atoms with van der Waals surface area (Å²) >= 11 is 0. The van der Waals surface area contributed by atoms with Crippen LogP contribution in [0, 0.1) is 0 Å². The molecule has 0 aromatic carbocycles. The van der Waals surface area contributed by atoms with E-state index in [0.29, 0.717) is 19.4 Å². The SMILES string of the molecule is CCCCCCCC/C=C/CC/C=C/C(O)C(COC1OC(CO)C(O)C(O)C1O)NC(=O)CCCCCCCCC/C=C\CCCCCCCCCCOC(=O)CCCCCCCCCCCCC. The number of aliphatic hydroxyl groups excluding tert-OH is 5. The van der Waals surface area contributed by atoms with Gasteiger partial charge < -0.3 is 45.1 Å². The van der Waals surface area contributed by atoms with Crippen molar-refractivity contribution in [1.82, 2.24) is 5.32 Å². The summed E-state index contributed by atoms with van der Waals surface area (Å²) in [5.74, 6) is -0.214. The van der Waals surface area contributed by atoms with Crippen LogP contribution in [0.15, 0.2) is 36.5 Å². The van der Waals surface area contributed by atoms with Crippen molar-refractivity contribution in [3.63, 3.8) is 0 Å². The van der Waals surface area contributed by atoms with Crippen LogP contribution in [-0.4, -0.2) is 100 Å². The summed E-state index contributed by atoms with van der Waals surface area (Å²) in [7, 11) is 0. The fraction of sp³-hybridized carbons (Fsp3) is 0.864. The van der Waals surface area contributed by atoms with Crippen LogP contribution in [0.5, 0.6) is 0 Å². The van der Waals surface area contributed by atoms with Gasteiger partial charge in [-0.2, -0.15) is 0 Å². The molecule has 6 N–H and O–H groups in total. The number of allylic oxidation sites excluding steroid dienone is 5. The second-order valence-electron chi connectivity index (χ2n) is 20.3. The van der Waals surface area contributed by atoms with E-state index in [-0.39, 0.29) is 18.5 Å². The van der Waals surface area contributed by atoms with Gasteiger partial charge in [0.25, 0.3) is 0 Å². The predicted molar refractivity (Wildman–Crippen MR) is 287 cm³/mol. The van der Waals surface area contributed by atoms with Crippen molar-refractivity contribution in [2.24, 2.45) is 0 Å². The fourth-order valence-corrected chi connectivity index (χ4v) is 9.03. The molecule has 7 atom stereocenters. The molecule has 0 saturated carbocycles. The Hall–Kier alpha value is -2.12. The summed E-state index contributed by atoms with van der Waals surface area (Å²) in [5, 5.41) is 54.3. The van der Waals surface area contributed by atoms with Crippen LogP contribution in [-0.2, 0) is 23.8 Å². The van der Waals surface area contributed by atoms with E-state index in [1.165, 1.54) is 154 Å². The van der Waals surface area contributed by atoms with Crippen LogP contribution < -0.4 is 5.32 Å². The first-order valence-corrected chi connectivity index (χ1v) is 29.3. The van der Waals surface area contributed by atoms with Crippen molar-refractivity contribution >= 4 is 11.9 Å². The standard InChI is InChI=1S/C59H109NO10/c1-3-5-7-9-11-13-15-26-29-33-37-41-45-52(62)51(50-69-59-58(67)57(66)56(65)53(49-61)70-59)60-54(63)46-42-38-34-30-27-23-21-19-17-16-18-20-22-24-28-32-36-40-44-48-68-55(64)47-43-39-35-31-25-14-12-10-8-6-4-2/h16-17,26,29,41,45,51-53,56-59,61-62,65-67H,3-15,18-25,27-28,30-40,42-44,46-50H2,1-2H3,(H,60,63)/b17-16-,29-26+,45-41+. The first-order valence-electron chi connectivity index (χ1n) is 29.3. The predicted octanol–water partition coefficient (Wildman–Crippen LogP) is 13.1. The molecule has 0 spiro atoms. The highest BCUT2D eigenvalue weighted by Crippen LogP contribution is 2.23. The van der Waals surface area contributed by atoms with Crippen LogP contribution in [0.3, 0.4) is 0 Å². The zero-order valence-corrected chi connectivity index (χ0v) is 45.0. The maximum Gasteiger partial charge on any atom is 0.305 e. The Morgan fingerprint density at radius 1 is 0.514 bits per heavy atom. The molecule has 0 bridgehead atoms. The average molecular weight is 993 g/mol. The average Bonchev–Trinajstić information content (AvgIpc) is 3.36. The molecule has 1 rings (SSSR count). The van der Waals surface area contributed by atoms with E-state index in [0.717, 1.165) is 83.5 Å². The number of hydrogen-bond donors (Lipinski definition) is 6. The van der Waals surface area contributed by atoms with Crippen molar-refractivity contribution in [3.05, 3.63) is 36.5 Å². The van der Waals surface area contributed by atoms with Crippen molar-refractivity contribution in [2.75, 3.05) is 19.8 Å². The number of amides is 1. The molecule has 0 radical (unpaired) electrons. The van der Waals surface area contributed by atoms with E-state index >= 15 is 0 Å². The van der Waals surface area contributed by atoms with Gasteiger partial charge in [0.1, 0.15) is 24.4 Å². The topological polar surface area (TPSA) is 175 Å². The number of rotatable bonds is 50. The Bertz CT molecular complexity index is 1260. The van der Waals surface area contributed by atoms with Crippen LogP contribution in [0.1, 0.15) is 264 Å². The van der Waals surface area contributed by atoms with Crippen LogP contribution in [0.2, 0.25) is 0 Å². The summed E-state index contributed by atoms with van der Waals surface area (Å²) in [6.45, 7) is 4.29. The van der Waals surface area contributed by atoms with E-state index < -0.39 is 49.5 Å². The molecule has 1 amide bonds. The molecule has 0 aromatic rings. The maximum atomic E-state index is 13.0. The van der Waals surface area contributed by atoms with E-state index in [9.17, 15) is 35.1 Å². The third-order valence-electron chi connectivity index (χ3n) is 13.7. The van der Waals surface area contributed by atoms with Gasteiger partial charge in [0, 0.05) is 12.8 Å². The molecule has 410 valence electrons. The summed E-state index contributed by atoms with van der Waals surface area (Å²) in [4.78, 5) is 25.0. The molecule has 1 saturated heterocycles. The second kappa shape index (κ2) is 49.1. The lowest BCUT2D eigenvalue weighted by atomic mass is 9.99. The lowest BCUT2D eigenvalue weighted by Crippen LogP contribution is -2.60. The summed E-state index contributed by atoms with van der Waals surface area (Å²) < 4.78 is 16.7. The molecule has 70 heavy (non-hydrogen) atoms.